The first kappa shape index (κ1) is 20.3. The van der Waals surface area contributed by atoms with Crippen molar-refractivity contribution in [1.82, 2.24) is 9.97 Å². The van der Waals surface area contributed by atoms with Gasteiger partial charge in [0.1, 0.15) is 27.3 Å². The summed E-state index contributed by atoms with van der Waals surface area (Å²) in [6.45, 7) is 2.28. The van der Waals surface area contributed by atoms with E-state index in [1.165, 1.54) is 31.0 Å². The molecule has 11 heteroatoms. The van der Waals surface area contributed by atoms with Gasteiger partial charge in [-0.2, -0.15) is 5.26 Å². The molecule has 1 aromatic carbocycles. The van der Waals surface area contributed by atoms with Crippen molar-refractivity contribution in [3.05, 3.63) is 23.8 Å². The van der Waals surface area contributed by atoms with E-state index in [2.05, 4.69) is 16.0 Å². The van der Waals surface area contributed by atoms with Crippen molar-refractivity contribution >= 4 is 27.6 Å². The van der Waals surface area contributed by atoms with Crippen LogP contribution in [0.15, 0.2) is 28.1 Å². The number of rotatable bonds is 5. The summed E-state index contributed by atoms with van der Waals surface area (Å²) >= 11 is 1.33. The van der Waals surface area contributed by atoms with Crippen LogP contribution in [0.5, 0.6) is 5.75 Å². The maximum absolute atomic E-state index is 11.9. The summed E-state index contributed by atoms with van der Waals surface area (Å²) in [4.78, 5) is 10.8. The van der Waals surface area contributed by atoms with Crippen LogP contribution in [0.1, 0.15) is 5.56 Å². The van der Waals surface area contributed by atoms with Crippen LogP contribution < -0.4 is 14.8 Å². The molecule has 1 fully saturated rings. The van der Waals surface area contributed by atoms with E-state index in [-0.39, 0.29) is 10.6 Å². The summed E-state index contributed by atoms with van der Waals surface area (Å²) in [5, 5.41) is 15.5. The van der Waals surface area contributed by atoms with Crippen molar-refractivity contribution in [2.24, 2.45) is 5.14 Å². The average Bonchev–Trinajstić information content (AvgIpc) is 2.72. The molecule has 3 rings (SSSR count). The van der Waals surface area contributed by atoms with Crippen molar-refractivity contribution in [1.29, 1.82) is 5.26 Å². The molecule has 2 heterocycles. The minimum absolute atomic E-state index is 0.137. The Morgan fingerprint density at radius 3 is 2.61 bits per heavy atom. The summed E-state index contributed by atoms with van der Waals surface area (Å²) in [5.41, 5.74) is 0.845. The first-order valence-corrected chi connectivity index (χ1v) is 11.1. The van der Waals surface area contributed by atoms with Gasteiger partial charge in [0.15, 0.2) is 11.6 Å². The van der Waals surface area contributed by atoms with Crippen LogP contribution in [-0.2, 0) is 14.8 Å². The SMILES string of the molecule is COc1ccc(-c2nc(SC)c(C#N)c(N3CCOCC3)n2)cc1S(N)(=O)=O. The predicted molar refractivity (Wildman–Crippen MR) is 105 cm³/mol. The second-order valence-corrected chi connectivity index (χ2v) is 8.20. The Labute approximate surface area is 167 Å². The number of morpholine rings is 1. The van der Waals surface area contributed by atoms with E-state index in [0.717, 1.165) is 0 Å². The highest BCUT2D eigenvalue weighted by atomic mass is 32.2. The normalized spacial score (nSPS) is 14.6. The molecule has 1 aliphatic heterocycles. The molecule has 0 saturated carbocycles. The molecule has 148 valence electrons. The van der Waals surface area contributed by atoms with E-state index >= 15 is 0 Å². The largest absolute Gasteiger partial charge is 0.495 e. The van der Waals surface area contributed by atoms with Gasteiger partial charge in [-0.05, 0) is 24.5 Å². The molecule has 2 N–H and O–H groups in total. The molecule has 1 saturated heterocycles. The molecule has 28 heavy (non-hydrogen) atoms. The maximum Gasteiger partial charge on any atom is 0.241 e. The molecule has 0 atom stereocenters. The molecule has 0 amide bonds. The van der Waals surface area contributed by atoms with Gasteiger partial charge in [-0.3, -0.25) is 0 Å². The Kier molecular flexibility index (Phi) is 6.04. The fraction of sp³-hybridized carbons (Fsp3) is 0.353. The summed E-state index contributed by atoms with van der Waals surface area (Å²) < 4.78 is 34.3. The van der Waals surface area contributed by atoms with Crippen molar-refractivity contribution in [3.63, 3.8) is 0 Å². The van der Waals surface area contributed by atoms with Gasteiger partial charge in [0.05, 0.1) is 20.3 Å². The van der Waals surface area contributed by atoms with Crippen LogP contribution >= 0.6 is 11.8 Å². The molecule has 1 aromatic heterocycles. The third-order valence-corrected chi connectivity index (χ3v) is 5.82. The second-order valence-electron chi connectivity index (χ2n) is 5.88. The van der Waals surface area contributed by atoms with Gasteiger partial charge >= 0.3 is 0 Å². The molecular weight excluding hydrogens is 402 g/mol. The summed E-state index contributed by atoms with van der Waals surface area (Å²) in [7, 11) is -2.63. The van der Waals surface area contributed by atoms with Crippen LogP contribution in [0.2, 0.25) is 0 Å². The number of methoxy groups -OCH3 is 1. The number of primary sulfonamides is 1. The molecule has 0 radical (unpaired) electrons. The average molecular weight is 422 g/mol. The Morgan fingerprint density at radius 2 is 2.04 bits per heavy atom. The predicted octanol–water partition coefficient (Wildman–Crippen LogP) is 1.23. The fourth-order valence-corrected chi connectivity index (χ4v) is 4.09. The number of nitrogens with two attached hydrogens (primary N) is 1. The number of sulfonamides is 1. The smallest absolute Gasteiger partial charge is 0.241 e. The number of ether oxygens (including phenoxy) is 2. The molecule has 2 aromatic rings. The van der Waals surface area contributed by atoms with Crippen molar-refractivity contribution in [2.75, 3.05) is 44.6 Å². The van der Waals surface area contributed by atoms with Crippen LogP contribution in [-0.4, -0.2) is 58.1 Å². The highest BCUT2D eigenvalue weighted by molar-refractivity contribution is 7.98. The zero-order valence-electron chi connectivity index (χ0n) is 15.4. The van der Waals surface area contributed by atoms with E-state index in [9.17, 15) is 13.7 Å². The highest BCUT2D eigenvalue weighted by Gasteiger charge is 2.23. The number of nitrogens with zero attached hydrogens (tertiary/aromatic N) is 4. The second kappa shape index (κ2) is 8.32. The highest BCUT2D eigenvalue weighted by Crippen LogP contribution is 2.32. The summed E-state index contributed by atoms with van der Waals surface area (Å²) in [6.07, 6.45) is 1.82. The van der Waals surface area contributed by atoms with E-state index < -0.39 is 10.0 Å². The summed E-state index contributed by atoms with van der Waals surface area (Å²) in [5.74, 6) is 0.948. The number of anilines is 1. The number of hydrogen-bond acceptors (Lipinski definition) is 9. The van der Waals surface area contributed by atoms with Gasteiger partial charge in [-0.25, -0.2) is 23.5 Å². The van der Waals surface area contributed by atoms with Gasteiger partial charge < -0.3 is 14.4 Å². The molecule has 0 aliphatic carbocycles. The van der Waals surface area contributed by atoms with Gasteiger partial charge in [0.25, 0.3) is 0 Å². The number of benzene rings is 1. The van der Waals surface area contributed by atoms with Gasteiger partial charge in [-0.15, -0.1) is 11.8 Å². The van der Waals surface area contributed by atoms with Crippen molar-refractivity contribution in [2.45, 2.75) is 9.92 Å². The van der Waals surface area contributed by atoms with Gasteiger partial charge in [-0.1, -0.05) is 0 Å². The van der Waals surface area contributed by atoms with E-state index in [1.54, 1.807) is 6.07 Å². The minimum atomic E-state index is -4.00. The lowest BCUT2D eigenvalue weighted by Gasteiger charge is -2.29. The zero-order chi connectivity index (χ0) is 20.3. The Hall–Kier alpha value is -2.39. The Morgan fingerprint density at radius 1 is 1.32 bits per heavy atom. The molecule has 0 unspecified atom stereocenters. The molecular formula is C17H19N5O4S2. The first-order chi connectivity index (χ1) is 13.4. The number of thioether (sulfide) groups is 1. The topological polar surface area (TPSA) is 131 Å². The van der Waals surface area contributed by atoms with E-state index in [0.29, 0.717) is 54.1 Å². The van der Waals surface area contributed by atoms with Crippen molar-refractivity contribution in [3.8, 4) is 23.2 Å². The summed E-state index contributed by atoms with van der Waals surface area (Å²) in [6, 6.07) is 6.72. The van der Waals surface area contributed by atoms with Crippen molar-refractivity contribution < 1.29 is 17.9 Å². The third-order valence-electron chi connectivity index (χ3n) is 4.20. The lowest BCUT2D eigenvalue weighted by molar-refractivity contribution is 0.122. The Balaban J connectivity index is 2.18. The lowest BCUT2D eigenvalue weighted by Crippen LogP contribution is -2.37. The number of aromatic nitrogens is 2. The minimum Gasteiger partial charge on any atom is -0.495 e. The molecule has 9 nitrogen and oxygen atoms in total. The van der Waals surface area contributed by atoms with Crippen LogP contribution in [0.4, 0.5) is 5.82 Å². The zero-order valence-corrected chi connectivity index (χ0v) is 17.0. The van der Waals surface area contributed by atoms with Gasteiger partial charge in [0.2, 0.25) is 10.0 Å². The fourth-order valence-electron chi connectivity index (χ4n) is 2.85. The van der Waals surface area contributed by atoms with Crippen LogP contribution in [0.3, 0.4) is 0 Å². The van der Waals surface area contributed by atoms with Crippen LogP contribution in [0.25, 0.3) is 11.4 Å². The molecule has 0 bridgehead atoms. The van der Waals surface area contributed by atoms with Gasteiger partial charge in [0, 0.05) is 18.7 Å². The Bertz CT molecular complexity index is 1030. The molecule has 1 aliphatic rings. The van der Waals surface area contributed by atoms with E-state index in [1.807, 2.05) is 11.2 Å². The number of hydrogen-bond donors (Lipinski definition) is 1. The quantitative estimate of drug-likeness (QED) is 0.559. The third kappa shape index (κ3) is 4.05. The standard InChI is InChI=1S/C17H19N5O4S2/c1-25-13-4-3-11(9-14(13)28(19,23)24)15-20-16(22-5-7-26-8-6-22)12(10-18)17(21-15)27-2/h3-4,9H,5-8H2,1-2H3,(H2,19,23,24). The number of nitriles is 1. The monoisotopic (exact) mass is 421 g/mol. The van der Waals surface area contributed by atoms with E-state index in [4.69, 9.17) is 14.6 Å². The lowest BCUT2D eigenvalue weighted by atomic mass is 10.2. The molecule has 0 spiro atoms. The maximum atomic E-state index is 11.9. The van der Waals surface area contributed by atoms with Crippen LogP contribution in [0, 0.1) is 11.3 Å². The first-order valence-electron chi connectivity index (χ1n) is 8.29.